The second kappa shape index (κ2) is 5.31. The number of hydrogen-bond acceptors (Lipinski definition) is 2. The summed E-state index contributed by atoms with van der Waals surface area (Å²) in [6.07, 6.45) is 0. The van der Waals surface area contributed by atoms with E-state index in [1.54, 1.807) is 24.3 Å². The van der Waals surface area contributed by atoms with Gasteiger partial charge in [-0.3, -0.25) is 4.79 Å². The van der Waals surface area contributed by atoms with Crippen molar-refractivity contribution in [2.75, 3.05) is 5.32 Å². The van der Waals surface area contributed by atoms with Crippen LogP contribution >= 0.6 is 11.6 Å². The first-order chi connectivity index (χ1) is 9.63. The van der Waals surface area contributed by atoms with Gasteiger partial charge in [-0.1, -0.05) is 24.5 Å². The molecule has 2 aromatic carbocycles. The highest BCUT2D eigenvalue weighted by Crippen LogP contribution is 2.17. The molecule has 0 aliphatic carbocycles. The van der Waals surface area contributed by atoms with E-state index in [1.807, 2.05) is 25.0 Å². The topological polar surface area (TPSA) is 38.3 Å². The van der Waals surface area contributed by atoms with E-state index in [-0.39, 0.29) is 12.8 Å². The van der Waals surface area contributed by atoms with Gasteiger partial charge in [0.2, 0.25) is 0 Å². The lowest BCUT2D eigenvalue weighted by molar-refractivity contribution is 0.102. The lowest BCUT2D eigenvalue weighted by Gasteiger charge is -2.08. The fourth-order valence-electron chi connectivity index (χ4n) is 2.29. The Labute approximate surface area is 123 Å². The minimum Gasteiger partial charge on any atom is -0.427 e. The van der Waals surface area contributed by atoms with Crippen LogP contribution in [0.4, 0.5) is 5.69 Å². The first-order valence-electron chi connectivity index (χ1n) is 6.45. The molecule has 3 rings (SSSR count). The van der Waals surface area contributed by atoms with E-state index >= 15 is 0 Å². The third-order valence-corrected chi connectivity index (χ3v) is 3.69. The normalized spacial score (nSPS) is 13.2. The average molecular weight is 286 g/mol. The zero-order chi connectivity index (χ0) is 14.1. The molecule has 2 aromatic rings. The van der Waals surface area contributed by atoms with Crippen LogP contribution in [0.1, 0.15) is 15.9 Å². The maximum atomic E-state index is 12.1. The molecule has 1 heterocycles. The number of halogens is 1. The number of nitrogens with one attached hydrogen (secondary N) is 1. The van der Waals surface area contributed by atoms with Crippen LogP contribution in [0.5, 0.6) is 0 Å². The monoisotopic (exact) mass is 285 g/mol. The predicted octanol–water partition coefficient (Wildman–Crippen LogP) is 2.95. The standard InChI is InChI=1S/C15H13BClNO2/c1-16-14-8-13(7-4-11(14)9-20-16)18-15(19)10-2-5-12(17)6-3-10/h2-8H,9H2,1H3,(H,18,19). The fourth-order valence-corrected chi connectivity index (χ4v) is 2.42. The van der Waals surface area contributed by atoms with Crippen molar-refractivity contribution in [1.82, 2.24) is 0 Å². The molecule has 3 nitrogen and oxygen atoms in total. The molecule has 0 radical (unpaired) electrons. The van der Waals surface area contributed by atoms with Crippen LogP contribution in [0.2, 0.25) is 11.8 Å². The summed E-state index contributed by atoms with van der Waals surface area (Å²) in [5, 5.41) is 3.51. The number of carbonyl (C=O) groups excluding carboxylic acids is 1. The minimum atomic E-state index is -0.145. The second-order valence-electron chi connectivity index (χ2n) is 4.83. The number of benzene rings is 2. The van der Waals surface area contributed by atoms with Gasteiger partial charge in [0.1, 0.15) is 0 Å². The summed E-state index contributed by atoms with van der Waals surface area (Å²) in [4.78, 5) is 12.1. The third-order valence-electron chi connectivity index (χ3n) is 3.44. The van der Waals surface area contributed by atoms with Crippen molar-refractivity contribution < 1.29 is 9.45 Å². The first kappa shape index (κ1) is 13.2. The Morgan fingerprint density at radius 1 is 1.25 bits per heavy atom. The zero-order valence-electron chi connectivity index (χ0n) is 11.0. The smallest absolute Gasteiger partial charge is 0.324 e. The number of anilines is 1. The zero-order valence-corrected chi connectivity index (χ0v) is 11.8. The Kier molecular flexibility index (Phi) is 3.51. The van der Waals surface area contributed by atoms with Crippen molar-refractivity contribution in [2.24, 2.45) is 0 Å². The molecule has 0 atom stereocenters. The Hall–Kier alpha value is -1.78. The maximum Gasteiger partial charge on any atom is 0.324 e. The molecule has 0 fully saturated rings. The van der Waals surface area contributed by atoms with Crippen molar-refractivity contribution >= 4 is 35.6 Å². The van der Waals surface area contributed by atoms with Crippen LogP contribution in [-0.4, -0.2) is 12.8 Å². The lowest BCUT2D eigenvalue weighted by atomic mass is 9.64. The van der Waals surface area contributed by atoms with Gasteiger partial charge in [0, 0.05) is 16.3 Å². The summed E-state index contributed by atoms with van der Waals surface area (Å²) < 4.78 is 5.55. The number of rotatable bonds is 2. The van der Waals surface area contributed by atoms with E-state index in [0.717, 1.165) is 11.2 Å². The summed E-state index contributed by atoms with van der Waals surface area (Å²) in [5.74, 6) is -0.145. The molecule has 0 aromatic heterocycles. The van der Waals surface area contributed by atoms with E-state index in [1.165, 1.54) is 5.56 Å². The van der Waals surface area contributed by atoms with E-state index in [2.05, 4.69) is 5.32 Å². The van der Waals surface area contributed by atoms with Crippen LogP contribution in [0, 0.1) is 0 Å². The Bertz CT molecular complexity index is 657. The van der Waals surface area contributed by atoms with Crippen molar-refractivity contribution in [2.45, 2.75) is 13.4 Å². The molecule has 100 valence electrons. The van der Waals surface area contributed by atoms with Gasteiger partial charge in [0.05, 0.1) is 6.61 Å². The molecule has 1 amide bonds. The van der Waals surface area contributed by atoms with Gasteiger partial charge in [-0.15, -0.1) is 0 Å². The summed E-state index contributed by atoms with van der Waals surface area (Å²) in [6.45, 7) is 2.73. The van der Waals surface area contributed by atoms with Gasteiger partial charge in [0.15, 0.2) is 0 Å². The number of amides is 1. The molecule has 0 saturated heterocycles. The van der Waals surface area contributed by atoms with E-state index in [4.69, 9.17) is 16.3 Å². The van der Waals surface area contributed by atoms with Crippen LogP contribution < -0.4 is 10.8 Å². The summed E-state index contributed by atoms with van der Waals surface area (Å²) >= 11 is 5.81. The number of carbonyl (C=O) groups is 1. The molecule has 1 aliphatic heterocycles. The van der Waals surface area contributed by atoms with E-state index in [0.29, 0.717) is 17.2 Å². The van der Waals surface area contributed by atoms with Crippen molar-refractivity contribution in [1.29, 1.82) is 0 Å². The molecule has 1 aliphatic rings. The average Bonchev–Trinajstić information content (AvgIpc) is 2.81. The molecule has 20 heavy (non-hydrogen) atoms. The molecule has 0 unspecified atom stereocenters. The van der Waals surface area contributed by atoms with Crippen LogP contribution in [0.25, 0.3) is 0 Å². The second-order valence-corrected chi connectivity index (χ2v) is 5.26. The lowest BCUT2D eigenvalue weighted by Crippen LogP contribution is -2.25. The number of hydrogen-bond donors (Lipinski definition) is 1. The van der Waals surface area contributed by atoms with Crippen LogP contribution in [-0.2, 0) is 11.3 Å². The van der Waals surface area contributed by atoms with Gasteiger partial charge in [-0.05, 0) is 47.4 Å². The van der Waals surface area contributed by atoms with E-state index < -0.39 is 0 Å². The minimum absolute atomic E-state index is 0.0809. The highest BCUT2D eigenvalue weighted by atomic mass is 35.5. The molecular formula is C15H13BClNO2. The molecule has 5 heteroatoms. The van der Waals surface area contributed by atoms with Crippen molar-refractivity contribution in [3.05, 3.63) is 58.6 Å². The maximum absolute atomic E-state index is 12.1. The predicted molar refractivity (Wildman–Crippen MR) is 81.9 cm³/mol. The summed E-state index contributed by atoms with van der Waals surface area (Å²) in [5.41, 5.74) is 3.68. The van der Waals surface area contributed by atoms with Gasteiger partial charge < -0.3 is 9.97 Å². The first-order valence-corrected chi connectivity index (χ1v) is 6.82. The van der Waals surface area contributed by atoms with Crippen LogP contribution in [0.15, 0.2) is 42.5 Å². The fraction of sp³-hybridized carbons (Fsp3) is 0.133. The molecule has 0 spiro atoms. The van der Waals surface area contributed by atoms with Gasteiger partial charge >= 0.3 is 6.92 Å². The number of fused-ring (bicyclic) bond motifs is 1. The quantitative estimate of drug-likeness (QED) is 0.862. The third kappa shape index (κ3) is 2.57. The summed E-state index contributed by atoms with van der Waals surface area (Å²) in [7, 11) is 0. The molecule has 1 N–H and O–H groups in total. The van der Waals surface area contributed by atoms with Gasteiger partial charge in [-0.25, -0.2) is 0 Å². The molecule has 0 bridgehead atoms. The van der Waals surface area contributed by atoms with Crippen molar-refractivity contribution in [3.8, 4) is 0 Å². The highest BCUT2D eigenvalue weighted by molar-refractivity contribution is 6.67. The highest BCUT2D eigenvalue weighted by Gasteiger charge is 2.23. The van der Waals surface area contributed by atoms with E-state index in [9.17, 15) is 4.79 Å². The Balaban J connectivity index is 1.79. The largest absolute Gasteiger partial charge is 0.427 e. The van der Waals surface area contributed by atoms with Crippen LogP contribution in [0.3, 0.4) is 0 Å². The Morgan fingerprint density at radius 2 is 2.00 bits per heavy atom. The van der Waals surface area contributed by atoms with Crippen molar-refractivity contribution in [3.63, 3.8) is 0 Å². The van der Waals surface area contributed by atoms with Gasteiger partial charge in [0.25, 0.3) is 5.91 Å². The Morgan fingerprint density at radius 3 is 2.75 bits per heavy atom. The molecular weight excluding hydrogens is 272 g/mol. The SMILES string of the molecule is CB1OCc2ccc(NC(=O)c3ccc(Cl)cc3)cc21. The molecule has 0 saturated carbocycles. The summed E-state index contributed by atoms with van der Waals surface area (Å²) in [6, 6.07) is 12.7. The van der Waals surface area contributed by atoms with Gasteiger partial charge in [-0.2, -0.15) is 0 Å².